The minimum atomic E-state index is -0.170. The quantitative estimate of drug-likeness (QED) is 0.154. The van der Waals surface area contributed by atoms with Crippen LogP contribution in [0, 0.1) is 12.3 Å². The zero-order chi connectivity index (χ0) is 7.98. The van der Waals surface area contributed by atoms with Crippen molar-refractivity contribution >= 4 is 5.96 Å². The first-order chi connectivity index (χ1) is 4.74. The van der Waals surface area contributed by atoms with Crippen LogP contribution in [0.1, 0.15) is 13.3 Å². The van der Waals surface area contributed by atoms with Crippen LogP contribution < -0.4 is 17.0 Å². The molecule has 0 fully saturated rings. The lowest BCUT2D eigenvalue weighted by Gasteiger charge is -2.02. The molecule has 4 heteroatoms. The number of hydrogen-bond acceptors (Lipinski definition) is 2. The zero-order valence-corrected chi connectivity index (χ0v) is 5.96. The van der Waals surface area contributed by atoms with Gasteiger partial charge in [0.05, 0.1) is 0 Å². The topological polar surface area (TPSA) is 76.4 Å². The monoisotopic (exact) mass is 140 g/mol. The van der Waals surface area contributed by atoms with Crippen LogP contribution in [0.25, 0.3) is 0 Å². The van der Waals surface area contributed by atoms with Gasteiger partial charge in [-0.15, -0.1) is 6.42 Å². The van der Waals surface area contributed by atoms with Crippen molar-refractivity contribution < 1.29 is 0 Å². The summed E-state index contributed by atoms with van der Waals surface area (Å²) in [5, 5.41) is 0. The molecule has 0 saturated heterocycles. The van der Waals surface area contributed by atoms with E-state index in [-0.39, 0.29) is 12.0 Å². The van der Waals surface area contributed by atoms with Crippen LogP contribution in [-0.2, 0) is 0 Å². The lowest BCUT2D eigenvalue weighted by Crippen LogP contribution is -2.37. The molecule has 0 amide bonds. The third-order valence-electron chi connectivity index (χ3n) is 1.02. The van der Waals surface area contributed by atoms with Crippen molar-refractivity contribution in [2.24, 2.45) is 16.6 Å². The second-order valence-corrected chi connectivity index (χ2v) is 1.75. The number of nitrogens with zero attached hydrogens (tertiary/aromatic N) is 1. The lowest BCUT2D eigenvalue weighted by molar-refractivity contribution is 0.794. The van der Waals surface area contributed by atoms with Crippen LogP contribution in [-0.4, -0.2) is 12.0 Å². The molecule has 5 N–H and O–H groups in total. The number of rotatable bonds is 2. The van der Waals surface area contributed by atoms with E-state index in [1.54, 1.807) is 0 Å². The zero-order valence-electron chi connectivity index (χ0n) is 5.96. The summed E-state index contributed by atoms with van der Waals surface area (Å²) in [4.78, 5) is 3.85. The Hall–Kier alpha value is -1.21. The maximum atomic E-state index is 5.24. The first kappa shape index (κ1) is 8.79. The second kappa shape index (κ2) is 4.65. The summed E-state index contributed by atoms with van der Waals surface area (Å²) in [6, 6.07) is -0.170. The molecule has 0 spiro atoms. The Kier molecular flexibility index (Phi) is 4.09. The highest BCUT2D eigenvalue weighted by molar-refractivity contribution is 5.77. The first-order valence-corrected chi connectivity index (χ1v) is 3.00. The molecule has 0 radical (unpaired) electrons. The van der Waals surface area contributed by atoms with Gasteiger partial charge in [0.1, 0.15) is 6.04 Å². The van der Waals surface area contributed by atoms with Gasteiger partial charge in [-0.3, -0.25) is 5.43 Å². The van der Waals surface area contributed by atoms with E-state index in [1.165, 1.54) is 0 Å². The van der Waals surface area contributed by atoms with Gasteiger partial charge in [0, 0.05) is 0 Å². The minimum Gasteiger partial charge on any atom is -0.369 e. The van der Waals surface area contributed by atoms with Crippen LogP contribution in [0.15, 0.2) is 4.99 Å². The summed E-state index contributed by atoms with van der Waals surface area (Å²) in [7, 11) is 0. The van der Waals surface area contributed by atoms with E-state index in [0.29, 0.717) is 0 Å². The average Bonchev–Trinajstić information content (AvgIpc) is 1.99. The number of nitrogens with one attached hydrogen (secondary N) is 1. The molecule has 0 aliphatic rings. The molecular weight excluding hydrogens is 128 g/mol. The first-order valence-electron chi connectivity index (χ1n) is 3.00. The number of hydrogen-bond donors (Lipinski definition) is 3. The molecule has 0 aromatic heterocycles. The van der Waals surface area contributed by atoms with Crippen molar-refractivity contribution in [3.05, 3.63) is 0 Å². The molecule has 1 atom stereocenters. The van der Waals surface area contributed by atoms with Crippen molar-refractivity contribution in [3.8, 4) is 12.3 Å². The number of terminal acetylenes is 1. The van der Waals surface area contributed by atoms with E-state index in [0.717, 1.165) is 6.42 Å². The van der Waals surface area contributed by atoms with Gasteiger partial charge in [-0.05, 0) is 6.42 Å². The summed E-state index contributed by atoms with van der Waals surface area (Å²) in [5.74, 6) is 7.58. The van der Waals surface area contributed by atoms with Crippen LogP contribution in [0.4, 0.5) is 0 Å². The Labute approximate surface area is 60.7 Å². The predicted octanol–water partition coefficient (Wildman–Crippen LogP) is -0.824. The molecule has 0 rings (SSSR count). The highest BCUT2D eigenvalue weighted by atomic mass is 15.3. The molecule has 56 valence electrons. The highest BCUT2D eigenvalue weighted by Gasteiger charge is 1.97. The number of hydrazine groups is 1. The number of guanidine groups is 1. The fourth-order valence-electron chi connectivity index (χ4n) is 0.452. The molecule has 1 unspecified atom stereocenters. The molecular formula is C6H12N4. The third kappa shape index (κ3) is 2.95. The van der Waals surface area contributed by atoms with Gasteiger partial charge in [-0.2, -0.15) is 0 Å². The Morgan fingerprint density at radius 2 is 2.50 bits per heavy atom. The third-order valence-corrected chi connectivity index (χ3v) is 1.02. The molecule has 0 heterocycles. The van der Waals surface area contributed by atoms with Crippen LogP contribution in [0.3, 0.4) is 0 Å². The highest BCUT2D eigenvalue weighted by Crippen LogP contribution is 1.92. The van der Waals surface area contributed by atoms with E-state index in [9.17, 15) is 0 Å². The summed E-state index contributed by atoms with van der Waals surface area (Å²) in [6.07, 6.45) is 5.87. The SMILES string of the molecule is C#CC(CC)N=C(N)NN. The Balaban J connectivity index is 3.96. The van der Waals surface area contributed by atoms with Crippen LogP contribution in [0.2, 0.25) is 0 Å². The smallest absolute Gasteiger partial charge is 0.204 e. The fourth-order valence-corrected chi connectivity index (χ4v) is 0.452. The van der Waals surface area contributed by atoms with E-state index in [1.807, 2.05) is 6.92 Å². The van der Waals surface area contributed by atoms with Gasteiger partial charge in [0.2, 0.25) is 5.96 Å². The Morgan fingerprint density at radius 3 is 2.80 bits per heavy atom. The van der Waals surface area contributed by atoms with Crippen LogP contribution >= 0.6 is 0 Å². The fraction of sp³-hybridized carbons (Fsp3) is 0.500. The van der Waals surface area contributed by atoms with Crippen molar-refractivity contribution in [2.75, 3.05) is 0 Å². The largest absolute Gasteiger partial charge is 0.369 e. The van der Waals surface area contributed by atoms with Crippen LogP contribution in [0.5, 0.6) is 0 Å². The van der Waals surface area contributed by atoms with Gasteiger partial charge < -0.3 is 5.73 Å². The summed E-state index contributed by atoms with van der Waals surface area (Å²) < 4.78 is 0. The van der Waals surface area contributed by atoms with Crippen molar-refractivity contribution in [1.82, 2.24) is 5.43 Å². The van der Waals surface area contributed by atoms with E-state index < -0.39 is 0 Å². The van der Waals surface area contributed by atoms with Crippen molar-refractivity contribution in [2.45, 2.75) is 19.4 Å². The molecule has 0 bridgehead atoms. The molecule has 0 aliphatic carbocycles. The van der Waals surface area contributed by atoms with E-state index in [4.69, 9.17) is 18.0 Å². The van der Waals surface area contributed by atoms with Gasteiger partial charge in [0.15, 0.2) is 0 Å². The van der Waals surface area contributed by atoms with Gasteiger partial charge in [-0.25, -0.2) is 10.8 Å². The molecule has 0 saturated carbocycles. The van der Waals surface area contributed by atoms with Gasteiger partial charge in [0.25, 0.3) is 0 Å². The summed E-state index contributed by atoms with van der Waals surface area (Å²) >= 11 is 0. The molecule has 0 aromatic carbocycles. The summed E-state index contributed by atoms with van der Waals surface area (Å²) in [5.41, 5.74) is 7.44. The maximum Gasteiger partial charge on any atom is 0.204 e. The predicted molar refractivity (Wildman–Crippen MR) is 41.9 cm³/mol. The van der Waals surface area contributed by atoms with Crippen molar-refractivity contribution in [1.29, 1.82) is 0 Å². The second-order valence-electron chi connectivity index (χ2n) is 1.75. The normalized spacial score (nSPS) is 13.9. The minimum absolute atomic E-state index is 0.170. The molecule has 4 nitrogen and oxygen atoms in total. The summed E-state index contributed by atoms with van der Waals surface area (Å²) in [6.45, 7) is 1.93. The average molecular weight is 140 g/mol. The number of aliphatic imine (C=N–C) groups is 1. The van der Waals surface area contributed by atoms with Gasteiger partial charge >= 0.3 is 0 Å². The standard InChI is InChI=1S/C6H12N4/c1-3-5(4-2)9-6(7)10-8/h1,5H,4,8H2,2H3,(H3,7,9,10). The van der Waals surface area contributed by atoms with Gasteiger partial charge in [-0.1, -0.05) is 12.8 Å². The Morgan fingerprint density at radius 1 is 1.90 bits per heavy atom. The number of nitrogens with two attached hydrogens (primary N) is 2. The maximum absolute atomic E-state index is 5.24. The lowest BCUT2D eigenvalue weighted by atomic mass is 10.2. The molecule has 0 aromatic rings. The molecule has 10 heavy (non-hydrogen) atoms. The molecule has 0 aliphatic heterocycles. The van der Waals surface area contributed by atoms with E-state index >= 15 is 0 Å². The Bertz CT molecular complexity index is 156. The van der Waals surface area contributed by atoms with E-state index in [2.05, 4.69) is 16.3 Å². The van der Waals surface area contributed by atoms with Crippen molar-refractivity contribution in [3.63, 3.8) is 0 Å².